The molecule has 1 aliphatic rings. The monoisotopic (exact) mass is 268 g/mol. The second-order valence-electron chi connectivity index (χ2n) is 2.37. The van der Waals surface area contributed by atoms with Crippen molar-refractivity contribution in [2.24, 2.45) is 0 Å². The van der Waals surface area contributed by atoms with E-state index in [0.717, 1.165) is 6.54 Å². The summed E-state index contributed by atoms with van der Waals surface area (Å²) in [5.74, 6) is 0. The van der Waals surface area contributed by atoms with Crippen molar-refractivity contribution in [1.82, 2.24) is 4.31 Å². The average molecular weight is 268 g/mol. The van der Waals surface area contributed by atoms with Crippen molar-refractivity contribution in [3.63, 3.8) is 0 Å². The predicted octanol–water partition coefficient (Wildman–Crippen LogP) is 2.36. The van der Waals surface area contributed by atoms with Crippen molar-refractivity contribution in [1.29, 1.82) is 5.26 Å². The maximum atomic E-state index is 8.45. The number of nitriles is 1. The first kappa shape index (κ1) is 8.62. The highest BCUT2D eigenvalue weighted by Gasteiger charge is 2.23. The molecule has 1 aliphatic heterocycles. The summed E-state index contributed by atoms with van der Waals surface area (Å²) in [6, 6.07) is 2.74. The lowest BCUT2D eigenvalue weighted by molar-refractivity contribution is 0.447. The first-order valence-electron chi connectivity index (χ1n) is 3.30. The third-order valence-corrected chi connectivity index (χ3v) is 3.91. The highest BCUT2D eigenvalue weighted by atomic mass is 127. The van der Waals surface area contributed by atoms with Crippen LogP contribution >= 0.6 is 30.3 Å². The van der Waals surface area contributed by atoms with Gasteiger partial charge in [-0.25, -0.2) is 4.31 Å². The Bertz CT molecular complexity index is 145. The van der Waals surface area contributed by atoms with Crippen LogP contribution in [0.2, 0.25) is 0 Å². The minimum atomic E-state index is 0.520. The van der Waals surface area contributed by atoms with E-state index >= 15 is 0 Å². The summed E-state index contributed by atoms with van der Waals surface area (Å²) in [7, 11) is 1.73. The number of hydrogen-bond acceptors (Lipinski definition) is 3. The van der Waals surface area contributed by atoms with Gasteiger partial charge in [-0.2, -0.15) is 5.26 Å². The fourth-order valence-electron chi connectivity index (χ4n) is 1.21. The summed E-state index contributed by atoms with van der Waals surface area (Å²) in [5.41, 5.74) is 0. The topological polar surface area (TPSA) is 27.0 Å². The van der Waals surface area contributed by atoms with Gasteiger partial charge in [0.25, 0.3) is 0 Å². The van der Waals surface area contributed by atoms with E-state index in [1.807, 2.05) is 0 Å². The zero-order valence-electron chi connectivity index (χ0n) is 5.59. The molecule has 0 spiro atoms. The average Bonchev–Trinajstić information content (AvgIpc) is 2.36. The van der Waals surface area contributed by atoms with E-state index in [2.05, 4.69) is 31.6 Å². The molecular formula is C6H9IN2S. The van der Waals surface area contributed by atoms with Crippen LogP contribution in [0.25, 0.3) is 0 Å². The molecular weight excluding hydrogens is 259 g/mol. The van der Waals surface area contributed by atoms with Gasteiger partial charge < -0.3 is 0 Å². The molecule has 2 nitrogen and oxygen atoms in total. The lowest BCUT2D eigenvalue weighted by Gasteiger charge is -2.16. The SMILES string of the molecule is N#CC[C@H]1CCCN1SI. The van der Waals surface area contributed by atoms with Gasteiger partial charge in [-0.1, -0.05) is 0 Å². The smallest absolute Gasteiger partial charge is 0.0638 e. The molecule has 0 aliphatic carbocycles. The fraction of sp³-hybridized carbons (Fsp3) is 0.833. The fourth-order valence-corrected chi connectivity index (χ4v) is 3.26. The molecule has 1 rings (SSSR count). The quantitative estimate of drug-likeness (QED) is 0.568. The zero-order valence-corrected chi connectivity index (χ0v) is 8.56. The molecule has 4 heteroatoms. The van der Waals surface area contributed by atoms with Gasteiger partial charge in [0, 0.05) is 33.8 Å². The molecule has 0 amide bonds. The van der Waals surface area contributed by atoms with Crippen LogP contribution in [0.15, 0.2) is 0 Å². The Morgan fingerprint density at radius 1 is 1.80 bits per heavy atom. The van der Waals surface area contributed by atoms with Gasteiger partial charge in [-0.3, -0.25) is 0 Å². The first-order chi connectivity index (χ1) is 4.88. The number of halogens is 1. The van der Waals surface area contributed by atoms with Crippen LogP contribution in [-0.4, -0.2) is 16.9 Å². The summed E-state index contributed by atoms with van der Waals surface area (Å²) >= 11 is 2.28. The van der Waals surface area contributed by atoms with Gasteiger partial charge >= 0.3 is 0 Å². The van der Waals surface area contributed by atoms with Gasteiger partial charge in [-0.15, -0.1) is 0 Å². The molecule has 0 aromatic heterocycles. The highest BCUT2D eigenvalue weighted by molar-refractivity contribution is 14.2. The summed E-state index contributed by atoms with van der Waals surface area (Å²) in [5, 5.41) is 8.45. The van der Waals surface area contributed by atoms with E-state index < -0.39 is 0 Å². The van der Waals surface area contributed by atoms with Crippen LogP contribution in [-0.2, 0) is 0 Å². The number of hydrogen-bond donors (Lipinski definition) is 0. The van der Waals surface area contributed by atoms with Crippen LogP contribution < -0.4 is 0 Å². The van der Waals surface area contributed by atoms with Gasteiger partial charge in [0.1, 0.15) is 0 Å². The molecule has 56 valence electrons. The van der Waals surface area contributed by atoms with E-state index in [0.29, 0.717) is 12.5 Å². The van der Waals surface area contributed by atoms with Crippen LogP contribution in [0.3, 0.4) is 0 Å². The molecule has 0 radical (unpaired) electrons. The van der Waals surface area contributed by atoms with E-state index in [-0.39, 0.29) is 0 Å². The molecule has 0 aromatic rings. The van der Waals surface area contributed by atoms with Gasteiger partial charge in [0.15, 0.2) is 0 Å². The molecule has 1 saturated heterocycles. The number of rotatable bonds is 2. The van der Waals surface area contributed by atoms with Crippen LogP contribution in [0.4, 0.5) is 0 Å². The molecule has 0 N–H and O–H groups in total. The summed E-state index contributed by atoms with van der Waals surface area (Å²) in [6.07, 6.45) is 3.14. The molecule has 1 heterocycles. The van der Waals surface area contributed by atoms with E-state index in [1.54, 1.807) is 9.12 Å². The maximum Gasteiger partial charge on any atom is 0.0638 e. The summed E-state index contributed by atoms with van der Waals surface area (Å²) in [4.78, 5) is 0. The Morgan fingerprint density at radius 3 is 3.20 bits per heavy atom. The van der Waals surface area contributed by atoms with E-state index in [4.69, 9.17) is 5.26 Å². The summed E-state index contributed by atoms with van der Waals surface area (Å²) < 4.78 is 2.30. The Balaban J connectivity index is 2.36. The summed E-state index contributed by atoms with van der Waals surface area (Å²) in [6.45, 7) is 1.15. The molecule has 0 bridgehead atoms. The second kappa shape index (κ2) is 4.42. The Labute approximate surface area is 77.7 Å². The highest BCUT2D eigenvalue weighted by Crippen LogP contribution is 2.30. The number of nitrogens with zero attached hydrogens (tertiary/aromatic N) is 2. The van der Waals surface area contributed by atoms with Gasteiger partial charge in [0.2, 0.25) is 0 Å². The van der Waals surface area contributed by atoms with Crippen molar-refractivity contribution >= 4 is 30.3 Å². The molecule has 10 heavy (non-hydrogen) atoms. The van der Waals surface area contributed by atoms with Crippen molar-refractivity contribution < 1.29 is 0 Å². The lowest BCUT2D eigenvalue weighted by Crippen LogP contribution is -2.20. The molecule has 0 unspecified atom stereocenters. The Kier molecular flexibility index (Phi) is 3.81. The van der Waals surface area contributed by atoms with E-state index in [9.17, 15) is 0 Å². The van der Waals surface area contributed by atoms with Crippen molar-refractivity contribution in [2.45, 2.75) is 25.3 Å². The molecule has 0 aromatic carbocycles. The third kappa shape index (κ3) is 2.01. The van der Waals surface area contributed by atoms with Crippen molar-refractivity contribution in [3.8, 4) is 6.07 Å². The maximum absolute atomic E-state index is 8.45. The molecule has 1 fully saturated rings. The molecule has 1 atom stereocenters. The zero-order chi connectivity index (χ0) is 7.40. The van der Waals surface area contributed by atoms with Crippen molar-refractivity contribution in [2.75, 3.05) is 6.54 Å². The second-order valence-corrected chi connectivity index (χ2v) is 4.16. The minimum absolute atomic E-state index is 0.520. The minimum Gasteiger partial charge on any atom is -0.238 e. The first-order valence-corrected chi connectivity index (χ1v) is 6.62. The van der Waals surface area contributed by atoms with Crippen LogP contribution in [0.1, 0.15) is 19.3 Å². The largest absolute Gasteiger partial charge is 0.238 e. The van der Waals surface area contributed by atoms with E-state index in [1.165, 1.54) is 12.8 Å². The third-order valence-electron chi connectivity index (χ3n) is 1.74. The standard InChI is InChI=1S/C6H9IN2S/c7-10-9-5-1-2-6(9)3-4-8/h6H,1-3,5H2/t6-/m1/s1. The van der Waals surface area contributed by atoms with Gasteiger partial charge in [0.05, 0.1) is 12.5 Å². The Morgan fingerprint density at radius 2 is 2.60 bits per heavy atom. The Hall–Kier alpha value is 0.530. The normalized spacial score (nSPS) is 26.6. The molecule has 0 saturated carbocycles. The van der Waals surface area contributed by atoms with Gasteiger partial charge in [-0.05, 0) is 22.0 Å². The van der Waals surface area contributed by atoms with Crippen LogP contribution in [0.5, 0.6) is 0 Å². The van der Waals surface area contributed by atoms with Crippen LogP contribution in [0, 0.1) is 11.3 Å². The van der Waals surface area contributed by atoms with Crippen molar-refractivity contribution in [3.05, 3.63) is 0 Å². The lowest BCUT2D eigenvalue weighted by atomic mass is 10.2. The predicted molar refractivity (Wildman–Crippen MR) is 51.6 cm³/mol.